The van der Waals surface area contributed by atoms with Crippen LogP contribution in [-0.4, -0.2) is 37.3 Å². The van der Waals surface area contributed by atoms with Crippen LogP contribution in [0.2, 0.25) is 0 Å². The standard InChI is InChI=1S/C5H13N5/c1-10(2)5(8)9-3-4(6)7/h3H2,1-2H3,(H3,6,7)(H2,8,9)/p+1. The van der Waals surface area contributed by atoms with Crippen molar-refractivity contribution in [3.05, 3.63) is 0 Å². The topological polar surface area (TPSA) is 93.2 Å². The van der Waals surface area contributed by atoms with Gasteiger partial charge < -0.3 is 10.6 Å². The molecule has 0 atom stereocenters. The maximum atomic E-state index is 5.42. The van der Waals surface area contributed by atoms with Crippen LogP contribution in [0.4, 0.5) is 0 Å². The molecule has 10 heavy (non-hydrogen) atoms. The number of aliphatic imine (C=N–C) groups is 1. The lowest BCUT2D eigenvalue weighted by Gasteiger charge is -2.08. The highest BCUT2D eigenvalue weighted by molar-refractivity contribution is 5.82. The molecule has 0 unspecified atom stereocenters. The molecule has 0 aromatic heterocycles. The van der Waals surface area contributed by atoms with Crippen molar-refractivity contribution in [2.75, 3.05) is 20.6 Å². The highest BCUT2D eigenvalue weighted by Crippen LogP contribution is 1.73. The van der Waals surface area contributed by atoms with Crippen molar-refractivity contribution in [1.29, 1.82) is 0 Å². The lowest BCUT2D eigenvalue weighted by atomic mass is 10.6. The second kappa shape index (κ2) is 3.71. The summed E-state index contributed by atoms with van der Waals surface area (Å²) in [5, 5.41) is 5.15. The molecule has 0 fully saturated rings. The highest BCUT2D eigenvalue weighted by Gasteiger charge is 1.95. The Morgan fingerprint density at radius 2 is 2.00 bits per heavy atom. The number of hydrogen-bond acceptors (Lipinski definition) is 1. The molecule has 0 amide bonds. The summed E-state index contributed by atoms with van der Waals surface area (Å²) in [6, 6.07) is 0. The van der Waals surface area contributed by atoms with Gasteiger partial charge in [-0.1, -0.05) is 0 Å². The maximum absolute atomic E-state index is 5.42. The Kier molecular flexibility index (Phi) is 3.24. The summed E-state index contributed by atoms with van der Waals surface area (Å²) in [7, 11) is 3.59. The molecule has 0 aliphatic rings. The summed E-state index contributed by atoms with van der Waals surface area (Å²) in [6.07, 6.45) is 0. The molecule has 0 spiro atoms. The second-order valence-corrected chi connectivity index (χ2v) is 2.14. The van der Waals surface area contributed by atoms with Gasteiger partial charge in [0.1, 0.15) is 6.54 Å². The average Bonchev–Trinajstić information content (AvgIpc) is 1.82. The van der Waals surface area contributed by atoms with Crippen LogP contribution in [0.25, 0.3) is 0 Å². The molecule has 0 bridgehead atoms. The quantitative estimate of drug-likeness (QED) is 0.284. The number of nitrogens with two attached hydrogens (primary N) is 3. The van der Waals surface area contributed by atoms with Crippen LogP contribution in [0.5, 0.6) is 0 Å². The number of amidine groups is 1. The van der Waals surface area contributed by atoms with E-state index in [1.54, 1.807) is 19.0 Å². The summed E-state index contributed by atoms with van der Waals surface area (Å²) in [6.45, 7) is 0.282. The van der Waals surface area contributed by atoms with Gasteiger partial charge in [0.2, 0.25) is 0 Å². The minimum atomic E-state index is 0.268. The van der Waals surface area contributed by atoms with E-state index >= 15 is 0 Å². The van der Waals surface area contributed by atoms with Gasteiger partial charge in [-0.25, -0.2) is 4.99 Å². The van der Waals surface area contributed by atoms with Gasteiger partial charge in [-0.15, -0.1) is 0 Å². The summed E-state index contributed by atoms with van der Waals surface area (Å²) >= 11 is 0. The van der Waals surface area contributed by atoms with E-state index in [0.717, 1.165) is 0 Å². The van der Waals surface area contributed by atoms with Crippen LogP contribution in [0.1, 0.15) is 0 Å². The molecule has 0 aliphatic heterocycles. The van der Waals surface area contributed by atoms with E-state index in [4.69, 9.17) is 16.9 Å². The Morgan fingerprint density at radius 1 is 1.50 bits per heavy atom. The third kappa shape index (κ3) is 3.71. The van der Waals surface area contributed by atoms with Crippen molar-refractivity contribution in [2.24, 2.45) is 16.5 Å². The van der Waals surface area contributed by atoms with Gasteiger partial charge in [-0.3, -0.25) is 11.1 Å². The van der Waals surface area contributed by atoms with Crippen molar-refractivity contribution in [3.8, 4) is 0 Å². The van der Waals surface area contributed by atoms with E-state index in [-0.39, 0.29) is 12.4 Å². The normalized spacial score (nSPS) is 11.2. The van der Waals surface area contributed by atoms with E-state index < -0.39 is 0 Å². The predicted molar refractivity (Wildman–Crippen MR) is 41.3 cm³/mol. The van der Waals surface area contributed by atoms with Crippen LogP contribution in [0.3, 0.4) is 0 Å². The van der Waals surface area contributed by atoms with Crippen molar-refractivity contribution in [3.63, 3.8) is 0 Å². The molecular weight excluding hydrogens is 130 g/mol. The smallest absolute Gasteiger partial charge is 0.260 e. The minimum absolute atomic E-state index is 0.268. The Hall–Kier alpha value is -1.26. The molecule has 0 rings (SSSR count). The predicted octanol–water partition coefficient (Wildman–Crippen LogP) is -3.02. The molecule has 6 N–H and O–H groups in total. The lowest BCUT2D eigenvalue weighted by Crippen LogP contribution is -2.48. The third-order valence-corrected chi connectivity index (χ3v) is 0.882. The Bertz CT molecular complexity index is 148. The van der Waals surface area contributed by atoms with Crippen molar-refractivity contribution in [2.45, 2.75) is 0 Å². The highest BCUT2D eigenvalue weighted by atomic mass is 15.2. The SMILES string of the molecule is CN(C)C(N)=NCC(N)=[NH2+]. The zero-order chi connectivity index (χ0) is 8.15. The maximum Gasteiger partial charge on any atom is 0.260 e. The molecule has 0 aromatic carbocycles. The molecular formula is C5H14N5+. The molecule has 0 aromatic rings. The zero-order valence-corrected chi connectivity index (χ0v) is 6.33. The largest absolute Gasteiger partial charge is 0.370 e. The van der Waals surface area contributed by atoms with Crippen LogP contribution >= 0.6 is 0 Å². The average molecular weight is 144 g/mol. The fourth-order valence-electron chi connectivity index (χ4n) is 0.314. The number of hydrogen-bond donors (Lipinski definition) is 3. The first-order chi connectivity index (χ1) is 4.54. The van der Waals surface area contributed by atoms with E-state index in [9.17, 15) is 0 Å². The van der Waals surface area contributed by atoms with Gasteiger partial charge in [0.25, 0.3) is 5.84 Å². The monoisotopic (exact) mass is 144 g/mol. The minimum Gasteiger partial charge on any atom is -0.370 e. The van der Waals surface area contributed by atoms with E-state index in [0.29, 0.717) is 5.96 Å². The fourth-order valence-corrected chi connectivity index (χ4v) is 0.314. The summed E-state index contributed by atoms with van der Waals surface area (Å²) in [5.74, 6) is 0.693. The van der Waals surface area contributed by atoms with Crippen LogP contribution in [0.15, 0.2) is 4.99 Å². The summed E-state index contributed by atoms with van der Waals surface area (Å²) < 4.78 is 0. The van der Waals surface area contributed by atoms with E-state index in [2.05, 4.69) is 4.99 Å². The van der Waals surface area contributed by atoms with Gasteiger partial charge in [0, 0.05) is 14.1 Å². The first-order valence-electron chi connectivity index (χ1n) is 2.88. The first kappa shape index (κ1) is 8.74. The molecule has 0 radical (unpaired) electrons. The fraction of sp³-hybridized carbons (Fsp3) is 0.600. The zero-order valence-electron chi connectivity index (χ0n) is 6.33. The van der Waals surface area contributed by atoms with Crippen LogP contribution in [0, 0.1) is 0 Å². The van der Waals surface area contributed by atoms with Crippen molar-refractivity contribution < 1.29 is 5.41 Å². The number of guanidine groups is 1. The molecule has 0 aliphatic carbocycles. The van der Waals surface area contributed by atoms with Crippen molar-refractivity contribution in [1.82, 2.24) is 4.90 Å². The van der Waals surface area contributed by atoms with Gasteiger partial charge in [-0.2, -0.15) is 0 Å². The van der Waals surface area contributed by atoms with Gasteiger partial charge in [0.05, 0.1) is 0 Å². The second-order valence-electron chi connectivity index (χ2n) is 2.14. The number of rotatable bonds is 2. The molecule has 5 nitrogen and oxygen atoms in total. The Balaban J connectivity index is 3.80. The first-order valence-corrected chi connectivity index (χ1v) is 2.88. The van der Waals surface area contributed by atoms with Crippen molar-refractivity contribution >= 4 is 11.8 Å². The molecule has 0 saturated heterocycles. The molecule has 0 saturated carbocycles. The summed E-state index contributed by atoms with van der Waals surface area (Å²) in [4.78, 5) is 5.54. The van der Waals surface area contributed by atoms with Crippen LogP contribution in [-0.2, 0) is 0 Å². The summed E-state index contributed by atoms with van der Waals surface area (Å²) in [5.41, 5.74) is 10.6. The van der Waals surface area contributed by atoms with Crippen LogP contribution < -0.4 is 16.9 Å². The Morgan fingerprint density at radius 3 is 2.30 bits per heavy atom. The van der Waals surface area contributed by atoms with Gasteiger partial charge in [0.15, 0.2) is 5.96 Å². The number of nitrogens with zero attached hydrogens (tertiary/aromatic N) is 2. The molecule has 0 heterocycles. The van der Waals surface area contributed by atoms with Gasteiger partial charge in [-0.05, 0) is 0 Å². The lowest BCUT2D eigenvalue weighted by molar-refractivity contribution is -0.116. The molecule has 58 valence electrons. The van der Waals surface area contributed by atoms with Gasteiger partial charge >= 0.3 is 0 Å². The molecule has 5 heteroatoms. The van der Waals surface area contributed by atoms with E-state index in [1.165, 1.54) is 0 Å². The van der Waals surface area contributed by atoms with E-state index in [1.807, 2.05) is 0 Å². The third-order valence-electron chi connectivity index (χ3n) is 0.882. The Labute approximate surface area is 60.2 Å².